The van der Waals surface area contributed by atoms with Crippen LogP contribution in [0.2, 0.25) is 0 Å². The van der Waals surface area contributed by atoms with Gasteiger partial charge in [-0.05, 0) is 25.8 Å². The lowest BCUT2D eigenvalue weighted by Crippen LogP contribution is -2.31. The third-order valence-corrected chi connectivity index (χ3v) is 4.27. The highest BCUT2D eigenvalue weighted by atomic mass is 16.5. The highest BCUT2D eigenvalue weighted by Gasteiger charge is 2.31. The molecular formula is C17H23N5O2. The van der Waals surface area contributed by atoms with Gasteiger partial charge in [-0.15, -0.1) is 0 Å². The Morgan fingerprint density at radius 2 is 2.25 bits per heavy atom. The highest BCUT2D eigenvalue weighted by molar-refractivity contribution is 5.77. The number of nitrogens with zero attached hydrogens (tertiary/aromatic N) is 5. The Bertz CT molecular complexity index is 713. The quantitative estimate of drug-likeness (QED) is 0.838. The third kappa shape index (κ3) is 3.60. The zero-order valence-electron chi connectivity index (χ0n) is 14.4. The van der Waals surface area contributed by atoms with Crippen LogP contribution in [-0.4, -0.2) is 37.5 Å². The summed E-state index contributed by atoms with van der Waals surface area (Å²) in [7, 11) is 0. The van der Waals surface area contributed by atoms with Crippen molar-refractivity contribution in [3.63, 3.8) is 0 Å². The fourth-order valence-corrected chi connectivity index (χ4v) is 2.99. The average molecular weight is 329 g/mol. The van der Waals surface area contributed by atoms with Gasteiger partial charge in [-0.25, -0.2) is 9.97 Å². The number of amides is 1. The van der Waals surface area contributed by atoms with E-state index in [4.69, 9.17) is 4.52 Å². The molecule has 0 spiro atoms. The van der Waals surface area contributed by atoms with Crippen molar-refractivity contribution in [2.24, 2.45) is 0 Å². The van der Waals surface area contributed by atoms with Crippen LogP contribution in [0.5, 0.6) is 0 Å². The molecule has 7 nitrogen and oxygen atoms in total. The number of hydrogen-bond acceptors (Lipinski definition) is 6. The lowest BCUT2D eigenvalue weighted by Gasteiger charge is -2.24. The lowest BCUT2D eigenvalue weighted by atomic mass is 10.1. The van der Waals surface area contributed by atoms with Crippen molar-refractivity contribution < 1.29 is 9.32 Å². The summed E-state index contributed by atoms with van der Waals surface area (Å²) in [4.78, 5) is 27.5. The van der Waals surface area contributed by atoms with Gasteiger partial charge in [-0.1, -0.05) is 19.0 Å². The highest BCUT2D eigenvalue weighted by Crippen LogP contribution is 2.31. The summed E-state index contributed by atoms with van der Waals surface area (Å²) in [5.41, 5.74) is 0.924. The number of aromatic nitrogens is 4. The van der Waals surface area contributed by atoms with Crippen LogP contribution in [0.3, 0.4) is 0 Å². The molecule has 24 heavy (non-hydrogen) atoms. The van der Waals surface area contributed by atoms with E-state index in [1.54, 1.807) is 6.20 Å². The molecule has 2 aromatic rings. The van der Waals surface area contributed by atoms with Crippen LogP contribution in [0.15, 0.2) is 16.8 Å². The Hall–Kier alpha value is -2.31. The van der Waals surface area contributed by atoms with Crippen molar-refractivity contribution >= 4 is 5.91 Å². The van der Waals surface area contributed by atoms with E-state index in [1.807, 2.05) is 31.7 Å². The molecule has 0 saturated carbocycles. The Balaban J connectivity index is 1.63. The van der Waals surface area contributed by atoms with Gasteiger partial charge in [0.25, 0.3) is 0 Å². The summed E-state index contributed by atoms with van der Waals surface area (Å²) >= 11 is 0. The van der Waals surface area contributed by atoms with Crippen molar-refractivity contribution in [3.8, 4) is 0 Å². The molecule has 1 saturated heterocycles. The van der Waals surface area contributed by atoms with Gasteiger partial charge in [-0.2, -0.15) is 4.98 Å². The minimum absolute atomic E-state index is 0.0492. The number of hydrogen-bond donors (Lipinski definition) is 0. The SMILES string of the molecule is Cc1nccc(C2CCCN2C(=O)CCc2nc(C(C)C)no2)n1. The second-order valence-corrected chi connectivity index (χ2v) is 6.47. The van der Waals surface area contributed by atoms with Crippen LogP contribution < -0.4 is 0 Å². The van der Waals surface area contributed by atoms with Crippen molar-refractivity contribution in [1.82, 2.24) is 25.0 Å². The average Bonchev–Trinajstić information content (AvgIpc) is 3.22. The molecule has 0 bridgehead atoms. The number of carbonyl (C=O) groups excluding carboxylic acids is 1. The van der Waals surface area contributed by atoms with Crippen LogP contribution >= 0.6 is 0 Å². The standard InChI is InChI=1S/C17H23N5O2/c1-11(2)17-20-15(24-21-17)6-7-16(23)22-10-4-5-14(22)13-8-9-18-12(3)19-13/h8-9,11,14H,4-7,10H2,1-3H3. The van der Waals surface area contributed by atoms with E-state index in [9.17, 15) is 4.79 Å². The first kappa shape index (κ1) is 16.5. The lowest BCUT2D eigenvalue weighted by molar-refractivity contribution is -0.132. The topological polar surface area (TPSA) is 85.0 Å². The summed E-state index contributed by atoms with van der Waals surface area (Å²) in [5, 5.41) is 3.94. The fourth-order valence-electron chi connectivity index (χ4n) is 2.99. The Morgan fingerprint density at radius 1 is 1.42 bits per heavy atom. The van der Waals surface area contributed by atoms with Crippen LogP contribution in [-0.2, 0) is 11.2 Å². The van der Waals surface area contributed by atoms with Crippen molar-refractivity contribution in [2.45, 2.75) is 58.4 Å². The van der Waals surface area contributed by atoms with E-state index in [-0.39, 0.29) is 17.9 Å². The number of aryl methyl sites for hydroxylation is 2. The molecule has 128 valence electrons. The molecule has 1 amide bonds. The molecule has 7 heteroatoms. The molecule has 1 aliphatic rings. The molecular weight excluding hydrogens is 306 g/mol. The van der Waals surface area contributed by atoms with E-state index >= 15 is 0 Å². The first-order chi connectivity index (χ1) is 11.5. The molecule has 3 heterocycles. The van der Waals surface area contributed by atoms with Crippen LogP contribution in [0, 0.1) is 6.92 Å². The molecule has 0 N–H and O–H groups in total. The van der Waals surface area contributed by atoms with E-state index in [1.165, 1.54) is 0 Å². The van der Waals surface area contributed by atoms with Gasteiger partial charge in [0.2, 0.25) is 11.8 Å². The Labute approximate surface area is 141 Å². The van der Waals surface area contributed by atoms with Gasteiger partial charge in [0.05, 0.1) is 11.7 Å². The second kappa shape index (κ2) is 7.07. The van der Waals surface area contributed by atoms with Gasteiger partial charge in [0, 0.05) is 31.5 Å². The van der Waals surface area contributed by atoms with E-state index in [0.717, 1.165) is 30.9 Å². The zero-order chi connectivity index (χ0) is 17.1. The number of likely N-dealkylation sites (tertiary alicyclic amines) is 1. The van der Waals surface area contributed by atoms with Crippen molar-refractivity contribution in [2.75, 3.05) is 6.54 Å². The van der Waals surface area contributed by atoms with Gasteiger partial charge < -0.3 is 9.42 Å². The monoisotopic (exact) mass is 329 g/mol. The number of carbonyl (C=O) groups is 1. The number of rotatable bonds is 5. The largest absolute Gasteiger partial charge is 0.339 e. The Morgan fingerprint density at radius 3 is 2.96 bits per heavy atom. The first-order valence-electron chi connectivity index (χ1n) is 8.46. The third-order valence-electron chi connectivity index (χ3n) is 4.27. The molecule has 1 atom stereocenters. The molecule has 1 aliphatic heterocycles. The molecule has 1 fully saturated rings. The summed E-state index contributed by atoms with van der Waals surface area (Å²) < 4.78 is 5.21. The molecule has 0 aliphatic carbocycles. The molecule has 0 radical (unpaired) electrons. The molecule has 1 unspecified atom stereocenters. The molecule has 3 rings (SSSR count). The van der Waals surface area contributed by atoms with Gasteiger partial charge >= 0.3 is 0 Å². The van der Waals surface area contributed by atoms with Crippen molar-refractivity contribution in [1.29, 1.82) is 0 Å². The minimum atomic E-state index is 0.0492. The summed E-state index contributed by atoms with van der Waals surface area (Å²) in [6.07, 6.45) is 4.55. The molecule has 0 aromatic carbocycles. The predicted molar refractivity (Wildman–Crippen MR) is 87.2 cm³/mol. The Kier molecular flexibility index (Phi) is 4.87. The van der Waals surface area contributed by atoms with Crippen LogP contribution in [0.1, 0.15) is 68.3 Å². The van der Waals surface area contributed by atoms with E-state index < -0.39 is 0 Å². The van der Waals surface area contributed by atoms with Crippen molar-refractivity contribution in [3.05, 3.63) is 35.5 Å². The summed E-state index contributed by atoms with van der Waals surface area (Å²) in [6, 6.07) is 1.95. The summed E-state index contributed by atoms with van der Waals surface area (Å²) in [6.45, 7) is 6.66. The van der Waals surface area contributed by atoms with Crippen LogP contribution in [0.25, 0.3) is 0 Å². The predicted octanol–water partition coefficient (Wildman–Crippen LogP) is 2.59. The van der Waals surface area contributed by atoms with Gasteiger partial charge in [-0.3, -0.25) is 4.79 Å². The maximum absolute atomic E-state index is 12.6. The molecule has 2 aromatic heterocycles. The summed E-state index contributed by atoms with van der Waals surface area (Å²) in [5.74, 6) is 2.28. The van der Waals surface area contributed by atoms with Gasteiger partial charge in [0.15, 0.2) is 5.82 Å². The van der Waals surface area contributed by atoms with E-state index in [0.29, 0.717) is 24.6 Å². The smallest absolute Gasteiger partial charge is 0.227 e. The normalized spacial score (nSPS) is 17.7. The van der Waals surface area contributed by atoms with Gasteiger partial charge in [0.1, 0.15) is 5.82 Å². The van der Waals surface area contributed by atoms with Crippen LogP contribution in [0.4, 0.5) is 0 Å². The minimum Gasteiger partial charge on any atom is -0.339 e. The fraction of sp³-hybridized carbons (Fsp3) is 0.588. The second-order valence-electron chi connectivity index (χ2n) is 6.47. The zero-order valence-corrected chi connectivity index (χ0v) is 14.4. The maximum atomic E-state index is 12.6. The van der Waals surface area contributed by atoms with E-state index in [2.05, 4.69) is 20.1 Å². The first-order valence-corrected chi connectivity index (χ1v) is 8.46. The maximum Gasteiger partial charge on any atom is 0.227 e.